The molecule has 1 atom stereocenters. The van der Waals surface area contributed by atoms with Gasteiger partial charge in [-0.15, -0.1) is 11.3 Å². The SMILES string of the molecule is CCNC(=NCc1ncc(CC)s1)N1CCN(C(=O)C2CCCO2)CC1. The molecule has 8 heteroatoms. The summed E-state index contributed by atoms with van der Waals surface area (Å²) in [6.45, 7) is 9.39. The number of ether oxygens (including phenoxy) is 1. The molecule has 0 radical (unpaired) electrons. The lowest BCUT2D eigenvalue weighted by atomic mass is 10.2. The quantitative estimate of drug-likeness (QED) is 0.620. The monoisotopic (exact) mass is 379 g/mol. The molecule has 7 nitrogen and oxygen atoms in total. The number of aliphatic imine (C=N–C) groups is 1. The van der Waals surface area contributed by atoms with Gasteiger partial charge in [0.05, 0.1) is 6.54 Å². The van der Waals surface area contributed by atoms with E-state index in [0.717, 1.165) is 63.0 Å². The van der Waals surface area contributed by atoms with Crippen LogP contribution in [0.25, 0.3) is 0 Å². The van der Waals surface area contributed by atoms with Crippen molar-refractivity contribution in [1.29, 1.82) is 0 Å². The van der Waals surface area contributed by atoms with Crippen molar-refractivity contribution < 1.29 is 9.53 Å². The number of hydrogen-bond acceptors (Lipinski definition) is 5. The molecule has 2 aliphatic heterocycles. The van der Waals surface area contributed by atoms with Gasteiger partial charge in [0.2, 0.25) is 0 Å². The standard InChI is InChI=1S/C18H29N5O2S/c1-3-14-12-20-16(26-14)13-21-18(19-4-2)23-9-7-22(8-10-23)17(24)15-6-5-11-25-15/h12,15H,3-11,13H2,1-2H3,(H,19,21). The highest BCUT2D eigenvalue weighted by Gasteiger charge is 2.30. The van der Waals surface area contributed by atoms with Gasteiger partial charge in [0.1, 0.15) is 11.1 Å². The Balaban J connectivity index is 1.55. The number of aryl methyl sites for hydroxylation is 1. The zero-order valence-electron chi connectivity index (χ0n) is 15.7. The molecule has 1 N–H and O–H groups in total. The summed E-state index contributed by atoms with van der Waals surface area (Å²) in [5.74, 6) is 1.06. The van der Waals surface area contributed by atoms with E-state index in [1.807, 2.05) is 11.1 Å². The molecule has 1 aromatic rings. The zero-order valence-corrected chi connectivity index (χ0v) is 16.6. The number of nitrogens with zero attached hydrogens (tertiary/aromatic N) is 4. The van der Waals surface area contributed by atoms with E-state index < -0.39 is 0 Å². The van der Waals surface area contributed by atoms with Gasteiger partial charge in [-0.25, -0.2) is 9.98 Å². The summed E-state index contributed by atoms with van der Waals surface area (Å²) in [5.41, 5.74) is 0. The Kier molecular flexibility index (Phi) is 6.85. The molecule has 0 saturated carbocycles. The van der Waals surface area contributed by atoms with Crippen LogP contribution in [0.3, 0.4) is 0 Å². The molecule has 0 spiro atoms. The van der Waals surface area contributed by atoms with E-state index in [4.69, 9.17) is 9.73 Å². The fourth-order valence-electron chi connectivity index (χ4n) is 3.27. The third-order valence-electron chi connectivity index (χ3n) is 4.74. The Bertz CT molecular complexity index is 619. The van der Waals surface area contributed by atoms with E-state index in [1.165, 1.54) is 4.88 Å². The van der Waals surface area contributed by atoms with Crippen LogP contribution in [0.4, 0.5) is 0 Å². The number of nitrogens with one attached hydrogen (secondary N) is 1. The Morgan fingerprint density at radius 2 is 2.12 bits per heavy atom. The Morgan fingerprint density at radius 1 is 1.35 bits per heavy atom. The van der Waals surface area contributed by atoms with Crippen LogP contribution in [0, 0.1) is 0 Å². The minimum Gasteiger partial charge on any atom is -0.368 e. The van der Waals surface area contributed by atoms with Crippen LogP contribution < -0.4 is 5.32 Å². The average Bonchev–Trinajstić information content (AvgIpc) is 3.36. The smallest absolute Gasteiger partial charge is 0.251 e. The summed E-state index contributed by atoms with van der Waals surface area (Å²) in [7, 11) is 0. The number of amides is 1. The minimum absolute atomic E-state index is 0.152. The minimum atomic E-state index is -0.221. The molecule has 26 heavy (non-hydrogen) atoms. The normalized spacial score (nSPS) is 21.3. The number of thiazole rings is 1. The average molecular weight is 380 g/mol. The van der Waals surface area contributed by atoms with Crippen LogP contribution in [0.5, 0.6) is 0 Å². The van der Waals surface area contributed by atoms with Crippen LogP contribution in [-0.4, -0.2) is 72.1 Å². The van der Waals surface area contributed by atoms with Crippen LogP contribution in [0.15, 0.2) is 11.2 Å². The highest BCUT2D eigenvalue weighted by Crippen LogP contribution is 2.17. The van der Waals surface area contributed by atoms with Crippen molar-refractivity contribution >= 4 is 23.2 Å². The molecule has 144 valence electrons. The summed E-state index contributed by atoms with van der Waals surface area (Å²) in [6, 6.07) is 0. The van der Waals surface area contributed by atoms with Crippen molar-refractivity contribution in [3.8, 4) is 0 Å². The van der Waals surface area contributed by atoms with Gasteiger partial charge in [-0.3, -0.25) is 4.79 Å². The van der Waals surface area contributed by atoms with Crippen molar-refractivity contribution in [1.82, 2.24) is 20.1 Å². The zero-order chi connectivity index (χ0) is 18.4. The largest absolute Gasteiger partial charge is 0.368 e. The maximum atomic E-state index is 12.5. The summed E-state index contributed by atoms with van der Waals surface area (Å²) in [5, 5.41) is 4.41. The Labute approximate surface area is 159 Å². The van der Waals surface area contributed by atoms with Crippen molar-refractivity contribution in [3.05, 3.63) is 16.1 Å². The summed E-state index contributed by atoms with van der Waals surface area (Å²) < 4.78 is 5.53. The van der Waals surface area contributed by atoms with E-state index in [0.29, 0.717) is 13.2 Å². The molecule has 3 rings (SSSR count). The predicted molar refractivity (Wildman–Crippen MR) is 103 cm³/mol. The molecule has 0 bridgehead atoms. The lowest BCUT2D eigenvalue weighted by molar-refractivity contribution is -0.142. The topological polar surface area (TPSA) is 70.1 Å². The number of guanidine groups is 1. The predicted octanol–water partition coefficient (Wildman–Crippen LogP) is 1.49. The van der Waals surface area contributed by atoms with Crippen molar-refractivity contribution in [3.63, 3.8) is 0 Å². The van der Waals surface area contributed by atoms with Crippen molar-refractivity contribution in [2.24, 2.45) is 4.99 Å². The number of rotatable bonds is 5. The van der Waals surface area contributed by atoms with Gasteiger partial charge in [0.25, 0.3) is 5.91 Å². The third-order valence-corrected chi connectivity index (χ3v) is 5.87. The highest BCUT2D eigenvalue weighted by molar-refractivity contribution is 7.11. The van der Waals surface area contributed by atoms with E-state index in [9.17, 15) is 4.79 Å². The van der Waals surface area contributed by atoms with E-state index in [-0.39, 0.29) is 12.0 Å². The second-order valence-corrected chi connectivity index (χ2v) is 7.76. The van der Waals surface area contributed by atoms with E-state index in [1.54, 1.807) is 11.3 Å². The molecule has 2 saturated heterocycles. The first-order chi connectivity index (χ1) is 12.7. The molecule has 0 aliphatic carbocycles. The number of piperazine rings is 1. The molecular formula is C18H29N5O2S. The fourth-order valence-corrected chi connectivity index (χ4v) is 4.05. The van der Waals surface area contributed by atoms with Gasteiger partial charge in [0.15, 0.2) is 5.96 Å². The van der Waals surface area contributed by atoms with Gasteiger partial charge in [0, 0.05) is 50.4 Å². The van der Waals surface area contributed by atoms with Gasteiger partial charge in [-0.1, -0.05) is 6.92 Å². The fraction of sp³-hybridized carbons (Fsp3) is 0.722. The van der Waals surface area contributed by atoms with Crippen molar-refractivity contribution in [2.45, 2.75) is 45.8 Å². The highest BCUT2D eigenvalue weighted by atomic mass is 32.1. The lowest BCUT2D eigenvalue weighted by Gasteiger charge is -2.37. The first-order valence-corrected chi connectivity index (χ1v) is 10.4. The summed E-state index contributed by atoms with van der Waals surface area (Å²) >= 11 is 1.73. The first kappa shape index (κ1) is 19.1. The van der Waals surface area contributed by atoms with Gasteiger partial charge < -0.3 is 19.9 Å². The molecule has 1 amide bonds. The summed E-state index contributed by atoms with van der Waals surface area (Å²) in [4.78, 5) is 27.1. The van der Waals surface area contributed by atoms with Gasteiger partial charge >= 0.3 is 0 Å². The molecule has 2 aliphatic rings. The second kappa shape index (κ2) is 9.32. The molecule has 3 heterocycles. The van der Waals surface area contributed by atoms with Crippen LogP contribution in [0.2, 0.25) is 0 Å². The number of aromatic nitrogens is 1. The molecule has 2 fully saturated rings. The summed E-state index contributed by atoms with van der Waals surface area (Å²) in [6.07, 6.45) is 4.59. The Morgan fingerprint density at radius 3 is 2.73 bits per heavy atom. The van der Waals surface area contributed by atoms with Crippen molar-refractivity contribution in [2.75, 3.05) is 39.3 Å². The lowest BCUT2D eigenvalue weighted by Crippen LogP contribution is -2.55. The first-order valence-electron chi connectivity index (χ1n) is 9.58. The van der Waals surface area contributed by atoms with Crippen LogP contribution >= 0.6 is 11.3 Å². The second-order valence-electron chi connectivity index (χ2n) is 6.56. The third kappa shape index (κ3) is 4.73. The molecule has 1 aromatic heterocycles. The molecule has 1 unspecified atom stereocenters. The number of carbonyl (C=O) groups is 1. The maximum absolute atomic E-state index is 12.5. The van der Waals surface area contributed by atoms with Gasteiger partial charge in [-0.2, -0.15) is 0 Å². The Hall–Kier alpha value is -1.67. The molecule has 0 aromatic carbocycles. The van der Waals surface area contributed by atoms with E-state index in [2.05, 4.69) is 29.0 Å². The van der Waals surface area contributed by atoms with Crippen LogP contribution in [-0.2, 0) is 22.5 Å². The van der Waals surface area contributed by atoms with Gasteiger partial charge in [-0.05, 0) is 26.2 Å². The van der Waals surface area contributed by atoms with Crippen LogP contribution in [0.1, 0.15) is 36.6 Å². The molecular weight excluding hydrogens is 350 g/mol. The number of hydrogen-bond donors (Lipinski definition) is 1. The van der Waals surface area contributed by atoms with E-state index >= 15 is 0 Å². The maximum Gasteiger partial charge on any atom is 0.251 e. The number of carbonyl (C=O) groups excluding carboxylic acids is 1.